The van der Waals surface area contributed by atoms with Crippen molar-refractivity contribution >= 4 is 0 Å². The van der Waals surface area contributed by atoms with Gasteiger partial charge in [-0.25, -0.2) is 15.0 Å². The van der Waals surface area contributed by atoms with Crippen molar-refractivity contribution in [2.45, 2.75) is 19.5 Å². The molecule has 1 aliphatic rings. The number of nitrogens with zero attached hydrogens (tertiary/aromatic N) is 4. The van der Waals surface area contributed by atoms with Gasteiger partial charge < -0.3 is 9.40 Å². The van der Waals surface area contributed by atoms with Gasteiger partial charge in [0, 0.05) is 49.6 Å². The van der Waals surface area contributed by atoms with Gasteiger partial charge in [-0.05, 0) is 12.1 Å². The summed E-state index contributed by atoms with van der Waals surface area (Å²) in [5.74, 6) is 1.77. The van der Waals surface area contributed by atoms with Gasteiger partial charge in [-0.1, -0.05) is 30.3 Å². The van der Waals surface area contributed by atoms with E-state index in [-0.39, 0.29) is 5.56 Å². The maximum atomic E-state index is 12.6. The van der Waals surface area contributed by atoms with Crippen LogP contribution in [-0.4, -0.2) is 31.4 Å². The van der Waals surface area contributed by atoms with Crippen LogP contribution in [0.5, 0.6) is 0 Å². The second-order valence-electron chi connectivity index (χ2n) is 7.06. The van der Waals surface area contributed by atoms with Gasteiger partial charge in [0.2, 0.25) is 0 Å². The van der Waals surface area contributed by atoms with Crippen LogP contribution in [-0.2, 0) is 19.5 Å². The monoisotopic (exact) mass is 385 g/mol. The van der Waals surface area contributed by atoms with Gasteiger partial charge in [-0.2, -0.15) is 0 Å². The van der Waals surface area contributed by atoms with Gasteiger partial charge in [-0.3, -0.25) is 9.69 Å². The summed E-state index contributed by atoms with van der Waals surface area (Å²) >= 11 is 0. The van der Waals surface area contributed by atoms with E-state index in [9.17, 15) is 4.79 Å². The van der Waals surface area contributed by atoms with Crippen molar-refractivity contribution in [1.29, 1.82) is 0 Å². The van der Waals surface area contributed by atoms with Crippen LogP contribution < -0.4 is 5.56 Å². The van der Waals surface area contributed by atoms with E-state index in [1.807, 2.05) is 42.7 Å². The first-order valence-corrected chi connectivity index (χ1v) is 9.51. The summed E-state index contributed by atoms with van der Waals surface area (Å²) < 4.78 is 5.35. The highest BCUT2D eigenvalue weighted by atomic mass is 16.3. The number of nitrogens with one attached hydrogen (secondary N) is 1. The lowest BCUT2D eigenvalue weighted by Crippen LogP contribution is -2.35. The van der Waals surface area contributed by atoms with Crippen molar-refractivity contribution in [3.05, 3.63) is 88.3 Å². The second kappa shape index (κ2) is 7.44. The van der Waals surface area contributed by atoms with Crippen molar-refractivity contribution in [2.75, 3.05) is 6.54 Å². The molecule has 0 amide bonds. The standard InChI is InChI=1S/C22H19N5O2/c28-22-17-14-27(9-8-18(17)25-21(26-22)19-7-4-10-29-19)13-15-11-23-20(24-12-15)16-5-2-1-3-6-16/h1-7,10-12H,8-9,13-14H2,(H,25,26,28). The van der Waals surface area contributed by atoms with Crippen LogP contribution in [0.4, 0.5) is 0 Å². The van der Waals surface area contributed by atoms with E-state index in [1.54, 1.807) is 18.4 Å². The van der Waals surface area contributed by atoms with E-state index in [1.165, 1.54) is 0 Å². The molecule has 0 aliphatic carbocycles. The zero-order chi connectivity index (χ0) is 19.6. The number of fused-ring (bicyclic) bond motifs is 1. The molecule has 0 atom stereocenters. The van der Waals surface area contributed by atoms with Crippen molar-refractivity contribution in [3.63, 3.8) is 0 Å². The van der Waals surface area contributed by atoms with E-state index in [4.69, 9.17) is 4.42 Å². The zero-order valence-electron chi connectivity index (χ0n) is 15.7. The molecular weight excluding hydrogens is 366 g/mol. The maximum absolute atomic E-state index is 12.6. The van der Waals surface area contributed by atoms with Crippen molar-refractivity contribution in [1.82, 2.24) is 24.8 Å². The Bertz CT molecular complexity index is 1170. The Hall–Kier alpha value is -3.58. The normalized spacial score (nSPS) is 13.9. The SMILES string of the molecule is O=c1[nH]c(-c2ccco2)nc2c1CN(Cc1cnc(-c3ccccc3)nc1)CC2. The first-order valence-electron chi connectivity index (χ1n) is 9.51. The van der Waals surface area contributed by atoms with Gasteiger partial charge >= 0.3 is 0 Å². The van der Waals surface area contributed by atoms with Gasteiger partial charge in [0.25, 0.3) is 5.56 Å². The molecule has 3 aromatic heterocycles. The molecule has 4 aromatic rings. The Kier molecular flexibility index (Phi) is 4.50. The zero-order valence-corrected chi connectivity index (χ0v) is 15.7. The van der Waals surface area contributed by atoms with E-state index < -0.39 is 0 Å². The predicted octanol–water partition coefficient (Wildman–Crippen LogP) is 3.05. The lowest BCUT2D eigenvalue weighted by Gasteiger charge is -2.27. The molecule has 7 nitrogen and oxygen atoms in total. The molecule has 29 heavy (non-hydrogen) atoms. The summed E-state index contributed by atoms with van der Waals surface area (Å²) in [4.78, 5) is 31.2. The number of aromatic nitrogens is 4. The Morgan fingerprint density at radius 3 is 2.66 bits per heavy atom. The predicted molar refractivity (Wildman–Crippen MR) is 108 cm³/mol. The Labute approximate surface area is 167 Å². The molecule has 7 heteroatoms. The molecule has 0 saturated carbocycles. The van der Waals surface area contributed by atoms with Crippen LogP contribution in [0.15, 0.2) is 70.3 Å². The first-order chi connectivity index (χ1) is 14.3. The lowest BCUT2D eigenvalue weighted by molar-refractivity contribution is 0.241. The minimum atomic E-state index is -0.109. The second-order valence-corrected chi connectivity index (χ2v) is 7.06. The molecule has 0 unspecified atom stereocenters. The number of furan rings is 1. The molecular formula is C22H19N5O2. The minimum Gasteiger partial charge on any atom is -0.461 e. The average Bonchev–Trinajstić information content (AvgIpc) is 3.30. The largest absolute Gasteiger partial charge is 0.461 e. The molecule has 0 radical (unpaired) electrons. The van der Waals surface area contributed by atoms with Crippen molar-refractivity contribution in [2.24, 2.45) is 0 Å². The summed E-state index contributed by atoms with van der Waals surface area (Å²) in [5.41, 5.74) is 3.46. The molecule has 0 bridgehead atoms. The molecule has 144 valence electrons. The van der Waals surface area contributed by atoms with Crippen molar-refractivity contribution < 1.29 is 4.42 Å². The highest BCUT2D eigenvalue weighted by molar-refractivity contribution is 5.54. The minimum absolute atomic E-state index is 0.109. The van der Waals surface area contributed by atoms with Crippen LogP contribution in [0.25, 0.3) is 23.0 Å². The van der Waals surface area contributed by atoms with E-state index >= 15 is 0 Å². The summed E-state index contributed by atoms with van der Waals surface area (Å²) in [6.07, 6.45) is 6.00. The van der Waals surface area contributed by atoms with E-state index in [0.717, 1.165) is 29.8 Å². The average molecular weight is 385 g/mol. The number of benzene rings is 1. The molecule has 1 aliphatic heterocycles. The number of aromatic amines is 1. The number of hydrogen-bond acceptors (Lipinski definition) is 6. The van der Waals surface area contributed by atoms with Crippen molar-refractivity contribution in [3.8, 4) is 23.0 Å². The van der Waals surface area contributed by atoms with Gasteiger partial charge in [0.05, 0.1) is 17.5 Å². The van der Waals surface area contributed by atoms with Crippen LogP contribution in [0.1, 0.15) is 16.8 Å². The van der Waals surface area contributed by atoms with E-state index in [2.05, 4.69) is 24.8 Å². The fourth-order valence-corrected chi connectivity index (χ4v) is 3.58. The topological polar surface area (TPSA) is 87.9 Å². The molecule has 4 heterocycles. The van der Waals surface area contributed by atoms with Crippen LogP contribution >= 0.6 is 0 Å². The van der Waals surface area contributed by atoms with Crippen LogP contribution in [0.2, 0.25) is 0 Å². The molecule has 5 rings (SSSR count). The smallest absolute Gasteiger partial charge is 0.256 e. The summed E-state index contributed by atoms with van der Waals surface area (Å²) in [7, 11) is 0. The maximum Gasteiger partial charge on any atom is 0.256 e. The lowest BCUT2D eigenvalue weighted by atomic mass is 10.1. The highest BCUT2D eigenvalue weighted by Crippen LogP contribution is 2.20. The third kappa shape index (κ3) is 3.60. The van der Waals surface area contributed by atoms with Crippen LogP contribution in [0.3, 0.4) is 0 Å². The Morgan fingerprint density at radius 1 is 1.07 bits per heavy atom. The number of rotatable bonds is 4. The van der Waals surface area contributed by atoms with Gasteiger partial charge in [0.1, 0.15) is 0 Å². The molecule has 1 aromatic carbocycles. The summed E-state index contributed by atoms with van der Waals surface area (Å²) in [6.45, 7) is 2.06. The highest BCUT2D eigenvalue weighted by Gasteiger charge is 2.22. The third-order valence-electron chi connectivity index (χ3n) is 5.05. The molecule has 0 spiro atoms. The molecule has 1 N–H and O–H groups in total. The number of H-pyrrole nitrogens is 1. The quantitative estimate of drug-likeness (QED) is 0.581. The summed E-state index contributed by atoms with van der Waals surface area (Å²) in [5, 5.41) is 0. The molecule has 0 saturated heterocycles. The van der Waals surface area contributed by atoms with E-state index in [0.29, 0.717) is 36.1 Å². The fraction of sp³-hybridized carbons (Fsp3) is 0.182. The molecule has 0 fully saturated rings. The van der Waals surface area contributed by atoms with Gasteiger partial charge in [-0.15, -0.1) is 0 Å². The Morgan fingerprint density at radius 2 is 1.90 bits per heavy atom. The third-order valence-corrected chi connectivity index (χ3v) is 5.05. The summed E-state index contributed by atoms with van der Waals surface area (Å²) in [6, 6.07) is 13.5. The van der Waals surface area contributed by atoms with Gasteiger partial charge in [0.15, 0.2) is 17.4 Å². The Balaban J connectivity index is 1.32. The van der Waals surface area contributed by atoms with Crippen LogP contribution in [0, 0.1) is 0 Å². The first kappa shape index (κ1) is 17.5. The number of hydrogen-bond donors (Lipinski definition) is 1. The fourth-order valence-electron chi connectivity index (χ4n) is 3.58.